The average molecular weight is 443 g/mol. The van der Waals surface area contributed by atoms with Crippen LogP contribution in [0.1, 0.15) is 10.4 Å². The number of aromatic amines is 1. The molecule has 2 heterocycles. The average Bonchev–Trinajstić information content (AvgIpc) is 3.35. The van der Waals surface area contributed by atoms with Crippen molar-refractivity contribution in [3.63, 3.8) is 0 Å². The molecule has 4 N–H and O–H groups in total. The molecule has 2 aromatic heterocycles. The van der Waals surface area contributed by atoms with E-state index in [-0.39, 0.29) is 15.6 Å². The fourth-order valence-corrected chi connectivity index (χ4v) is 7.11. The molecular formula is C20H18N4O2S3. The second-order valence-corrected chi connectivity index (χ2v) is 10.5. The number of sulfone groups is 1. The van der Waals surface area contributed by atoms with Crippen molar-refractivity contribution in [2.24, 2.45) is 5.73 Å². The molecule has 4 aromatic rings. The van der Waals surface area contributed by atoms with Crippen LogP contribution in [0.5, 0.6) is 0 Å². The molecule has 29 heavy (non-hydrogen) atoms. The number of thiophene rings is 1. The molecular weight excluding hydrogens is 424 g/mol. The van der Waals surface area contributed by atoms with Gasteiger partial charge in [-0.2, -0.15) is 0 Å². The molecule has 0 amide bonds. The first-order valence-electron chi connectivity index (χ1n) is 8.63. The highest BCUT2D eigenvalue weighted by Crippen LogP contribution is 2.39. The van der Waals surface area contributed by atoms with E-state index in [0.717, 1.165) is 22.2 Å². The van der Waals surface area contributed by atoms with Crippen LogP contribution in [-0.4, -0.2) is 30.5 Å². The summed E-state index contributed by atoms with van der Waals surface area (Å²) in [5.74, 6) is -0.142. The number of rotatable bonds is 5. The number of thioether (sulfide) groups is 1. The molecule has 0 atom stereocenters. The van der Waals surface area contributed by atoms with E-state index in [4.69, 9.17) is 11.1 Å². The summed E-state index contributed by atoms with van der Waals surface area (Å²) in [6, 6.07) is 12.6. The van der Waals surface area contributed by atoms with E-state index in [9.17, 15) is 8.42 Å². The third-order valence-corrected chi connectivity index (χ3v) is 8.97. The summed E-state index contributed by atoms with van der Waals surface area (Å²) in [5.41, 5.74) is 9.68. The monoisotopic (exact) mass is 442 g/mol. The van der Waals surface area contributed by atoms with E-state index in [1.54, 1.807) is 18.5 Å². The number of nitrogen functional groups attached to an aromatic ring is 1. The smallest absolute Gasteiger partial charge is 0.208 e. The van der Waals surface area contributed by atoms with Crippen LogP contribution in [0.15, 0.2) is 62.8 Å². The second kappa shape index (κ2) is 7.33. The first kappa shape index (κ1) is 19.7. The highest BCUT2D eigenvalue weighted by Gasteiger charge is 2.26. The van der Waals surface area contributed by atoms with Crippen molar-refractivity contribution in [3.8, 4) is 11.1 Å². The SMILES string of the molecule is CSc1sc(C(=N)N)cc1S(=O)(=O)c1cc(-c2ccccc2C)c2nc[nH]c2c1. The standard InChI is InChI=1S/C20H18N4O2S3/c1-11-5-3-4-6-13(11)14-7-12(8-15-18(14)24-10-23-15)29(25,26)17-9-16(19(21)22)28-20(17)27-2/h3-10H,1-2H3,(H3,21,22)(H,23,24). The van der Waals surface area contributed by atoms with Gasteiger partial charge in [0.05, 0.1) is 36.2 Å². The molecule has 6 nitrogen and oxygen atoms in total. The maximum Gasteiger partial charge on any atom is 0.208 e. The summed E-state index contributed by atoms with van der Waals surface area (Å²) < 4.78 is 27.7. The van der Waals surface area contributed by atoms with E-state index in [1.165, 1.54) is 29.2 Å². The fraction of sp³-hybridized carbons (Fsp3) is 0.100. The number of nitrogens with zero attached hydrogens (tertiary/aromatic N) is 1. The lowest BCUT2D eigenvalue weighted by Crippen LogP contribution is -2.09. The van der Waals surface area contributed by atoms with Gasteiger partial charge in [0.2, 0.25) is 9.84 Å². The van der Waals surface area contributed by atoms with Gasteiger partial charge in [0.1, 0.15) is 5.84 Å². The van der Waals surface area contributed by atoms with Crippen LogP contribution in [0, 0.1) is 12.3 Å². The quantitative estimate of drug-likeness (QED) is 0.240. The Hall–Kier alpha value is -2.62. The van der Waals surface area contributed by atoms with E-state index in [0.29, 0.717) is 14.6 Å². The molecule has 0 radical (unpaired) electrons. The number of nitrogens with one attached hydrogen (secondary N) is 2. The predicted octanol–water partition coefficient (Wildman–Crippen LogP) is 4.44. The third kappa shape index (κ3) is 3.35. The zero-order valence-electron chi connectivity index (χ0n) is 15.7. The van der Waals surface area contributed by atoms with E-state index < -0.39 is 9.84 Å². The number of benzene rings is 2. The minimum atomic E-state index is -3.82. The lowest BCUT2D eigenvalue weighted by Gasteiger charge is -2.11. The van der Waals surface area contributed by atoms with Gasteiger partial charge >= 0.3 is 0 Å². The summed E-state index contributed by atoms with van der Waals surface area (Å²) in [6.07, 6.45) is 3.38. The lowest BCUT2D eigenvalue weighted by molar-refractivity contribution is 0.595. The Morgan fingerprint density at radius 1 is 1.21 bits per heavy atom. The molecule has 2 aromatic carbocycles. The number of fused-ring (bicyclic) bond motifs is 1. The Bertz CT molecular complexity index is 1350. The van der Waals surface area contributed by atoms with Crippen molar-refractivity contribution >= 4 is 49.8 Å². The number of hydrogen-bond acceptors (Lipinski definition) is 6. The highest BCUT2D eigenvalue weighted by atomic mass is 32.2. The molecule has 0 fully saturated rings. The molecule has 0 unspecified atom stereocenters. The fourth-order valence-electron chi connectivity index (χ4n) is 3.21. The Kier molecular flexibility index (Phi) is 4.97. The molecule has 148 valence electrons. The Labute approximate surface area is 176 Å². The summed E-state index contributed by atoms with van der Waals surface area (Å²) in [6.45, 7) is 1.98. The maximum atomic E-state index is 13.5. The highest BCUT2D eigenvalue weighted by molar-refractivity contribution is 8.01. The minimum absolute atomic E-state index is 0.142. The minimum Gasteiger partial charge on any atom is -0.383 e. The number of hydrogen-bond donors (Lipinski definition) is 3. The molecule has 9 heteroatoms. The number of aryl methyl sites for hydroxylation is 1. The normalized spacial score (nSPS) is 11.8. The van der Waals surface area contributed by atoms with Gasteiger partial charge in [0.25, 0.3) is 0 Å². The molecule has 0 bridgehead atoms. The van der Waals surface area contributed by atoms with Crippen molar-refractivity contribution in [2.45, 2.75) is 20.9 Å². The van der Waals surface area contributed by atoms with Crippen molar-refractivity contribution in [1.29, 1.82) is 5.41 Å². The van der Waals surface area contributed by atoms with E-state index in [1.807, 2.05) is 37.4 Å². The summed E-state index contributed by atoms with van der Waals surface area (Å²) in [4.78, 5) is 8.22. The number of nitrogens with two attached hydrogens (primary N) is 1. The van der Waals surface area contributed by atoms with Gasteiger partial charge in [-0.1, -0.05) is 24.3 Å². The number of amidine groups is 1. The van der Waals surface area contributed by atoms with Crippen LogP contribution in [0.2, 0.25) is 0 Å². The zero-order chi connectivity index (χ0) is 20.8. The van der Waals surface area contributed by atoms with Crippen LogP contribution < -0.4 is 5.73 Å². The summed E-state index contributed by atoms with van der Waals surface area (Å²) >= 11 is 2.54. The molecule has 0 aliphatic rings. The molecule has 0 aliphatic carbocycles. The van der Waals surface area contributed by atoms with Crippen molar-refractivity contribution < 1.29 is 8.42 Å². The number of imidazole rings is 1. The van der Waals surface area contributed by atoms with Gasteiger partial charge in [-0.05, 0) is 42.5 Å². The van der Waals surface area contributed by atoms with Crippen LogP contribution in [-0.2, 0) is 9.84 Å². The van der Waals surface area contributed by atoms with Gasteiger partial charge < -0.3 is 10.7 Å². The first-order chi connectivity index (χ1) is 13.8. The van der Waals surface area contributed by atoms with E-state index >= 15 is 0 Å². The molecule has 0 saturated heterocycles. The largest absolute Gasteiger partial charge is 0.383 e. The van der Waals surface area contributed by atoms with Crippen LogP contribution >= 0.6 is 23.1 Å². The van der Waals surface area contributed by atoms with Crippen LogP contribution in [0.25, 0.3) is 22.2 Å². The van der Waals surface area contributed by atoms with Gasteiger partial charge in [0, 0.05) is 5.56 Å². The summed E-state index contributed by atoms with van der Waals surface area (Å²) in [5, 5.41) is 7.66. The lowest BCUT2D eigenvalue weighted by atomic mass is 9.99. The molecule has 0 saturated carbocycles. The van der Waals surface area contributed by atoms with Gasteiger partial charge in [-0.3, -0.25) is 5.41 Å². The van der Waals surface area contributed by atoms with Crippen LogP contribution in [0.4, 0.5) is 0 Å². The number of aromatic nitrogens is 2. The van der Waals surface area contributed by atoms with Gasteiger partial charge in [-0.25, -0.2) is 13.4 Å². The Morgan fingerprint density at radius 3 is 2.66 bits per heavy atom. The van der Waals surface area contributed by atoms with Crippen molar-refractivity contribution in [1.82, 2.24) is 9.97 Å². The number of H-pyrrole nitrogens is 1. The van der Waals surface area contributed by atoms with Gasteiger partial charge in [-0.15, -0.1) is 23.1 Å². The summed E-state index contributed by atoms with van der Waals surface area (Å²) in [7, 11) is -3.82. The topological polar surface area (TPSA) is 113 Å². The second-order valence-electron chi connectivity index (χ2n) is 6.47. The van der Waals surface area contributed by atoms with Crippen molar-refractivity contribution in [2.75, 3.05) is 6.26 Å². The molecule has 0 aliphatic heterocycles. The zero-order valence-corrected chi connectivity index (χ0v) is 18.1. The Morgan fingerprint density at radius 2 is 1.97 bits per heavy atom. The van der Waals surface area contributed by atoms with E-state index in [2.05, 4.69) is 9.97 Å². The van der Waals surface area contributed by atoms with Crippen molar-refractivity contribution in [3.05, 3.63) is 59.2 Å². The maximum absolute atomic E-state index is 13.5. The first-order valence-corrected chi connectivity index (χ1v) is 12.2. The predicted molar refractivity (Wildman–Crippen MR) is 119 cm³/mol. The van der Waals surface area contributed by atoms with Gasteiger partial charge in [0.15, 0.2) is 0 Å². The Balaban J connectivity index is 1.98. The molecule has 4 rings (SSSR count). The third-order valence-electron chi connectivity index (χ3n) is 4.65. The van der Waals surface area contributed by atoms with Crippen LogP contribution in [0.3, 0.4) is 0 Å². The molecule has 0 spiro atoms.